The third kappa shape index (κ3) is 4.61. The molecule has 6 heteroatoms. The summed E-state index contributed by atoms with van der Waals surface area (Å²) in [6.45, 7) is 8.84. The Kier molecular flexibility index (Phi) is 6.39. The van der Waals surface area contributed by atoms with Gasteiger partial charge in [-0.15, -0.1) is 0 Å². The summed E-state index contributed by atoms with van der Waals surface area (Å²) >= 11 is 0. The fraction of sp³-hybridized carbons (Fsp3) is 0.600. The van der Waals surface area contributed by atoms with Crippen LogP contribution in [0.2, 0.25) is 0 Å². The Hall–Kier alpha value is -1.95. The van der Waals surface area contributed by atoms with Crippen molar-refractivity contribution in [1.29, 1.82) is 0 Å². The molecule has 0 saturated carbocycles. The summed E-state index contributed by atoms with van der Waals surface area (Å²) in [6, 6.07) is 6.09. The van der Waals surface area contributed by atoms with E-state index in [4.69, 9.17) is 4.74 Å². The SMILES string of the molecule is COC(C)(C)C(=O)N1CCC(=O)N(Cc2ccc(F)cc2)[C@H](C(C)C)C1. The quantitative estimate of drug-likeness (QED) is 0.807. The van der Waals surface area contributed by atoms with E-state index in [1.165, 1.54) is 19.2 Å². The van der Waals surface area contributed by atoms with Crippen LogP contribution >= 0.6 is 0 Å². The topological polar surface area (TPSA) is 49.9 Å². The van der Waals surface area contributed by atoms with E-state index in [0.29, 0.717) is 19.6 Å². The van der Waals surface area contributed by atoms with Crippen molar-refractivity contribution in [2.45, 2.75) is 52.3 Å². The van der Waals surface area contributed by atoms with Crippen LogP contribution in [-0.2, 0) is 20.9 Å². The zero-order chi connectivity index (χ0) is 19.5. The van der Waals surface area contributed by atoms with E-state index in [2.05, 4.69) is 0 Å². The summed E-state index contributed by atoms with van der Waals surface area (Å²) in [6.07, 6.45) is 0.274. The van der Waals surface area contributed by atoms with Crippen LogP contribution in [0.3, 0.4) is 0 Å². The molecule has 0 N–H and O–H groups in total. The normalized spacial score (nSPS) is 19.0. The molecule has 0 radical (unpaired) electrons. The molecule has 1 fully saturated rings. The highest BCUT2D eigenvalue weighted by Crippen LogP contribution is 2.23. The Morgan fingerprint density at radius 1 is 1.31 bits per heavy atom. The Morgan fingerprint density at radius 3 is 2.46 bits per heavy atom. The molecule has 0 unspecified atom stereocenters. The maximum atomic E-state index is 13.2. The summed E-state index contributed by atoms with van der Waals surface area (Å²) in [5, 5.41) is 0. The Morgan fingerprint density at radius 2 is 1.92 bits per heavy atom. The summed E-state index contributed by atoms with van der Waals surface area (Å²) in [7, 11) is 1.52. The number of rotatable bonds is 5. The monoisotopic (exact) mass is 364 g/mol. The number of nitrogens with zero attached hydrogens (tertiary/aromatic N) is 2. The summed E-state index contributed by atoms with van der Waals surface area (Å²) in [4.78, 5) is 29.1. The summed E-state index contributed by atoms with van der Waals surface area (Å²) in [5.41, 5.74) is -0.0427. The minimum atomic E-state index is -0.920. The Bertz CT molecular complexity index is 643. The van der Waals surface area contributed by atoms with Gasteiger partial charge in [0.2, 0.25) is 5.91 Å². The highest BCUT2D eigenvalue weighted by molar-refractivity contribution is 5.86. The van der Waals surface area contributed by atoms with Crippen LogP contribution in [-0.4, -0.2) is 53.5 Å². The van der Waals surface area contributed by atoms with Crippen LogP contribution in [0.4, 0.5) is 4.39 Å². The molecule has 1 aromatic rings. The fourth-order valence-electron chi connectivity index (χ4n) is 3.19. The van der Waals surface area contributed by atoms with Gasteiger partial charge in [-0.25, -0.2) is 4.39 Å². The van der Waals surface area contributed by atoms with Gasteiger partial charge in [0.15, 0.2) is 0 Å². The largest absolute Gasteiger partial charge is 0.369 e. The van der Waals surface area contributed by atoms with Crippen molar-refractivity contribution in [2.24, 2.45) is 5.92 Å². The lowest BCUT2D eigenvalue weighted by molar-refractivity contribution is -0.151. The second kappa shape index (κ2) is 8.16. The zero-order valence-electron chi connectivity index (χ0n) is 16.3. The molecule has 1 aliphatic rings. The second-order valence-corrected chi connectivity index (χ2v) is 7.68. The number of halogens is 1. The molecule has 1 aromatic carbocycles. The lowest BCUT2D eigenvalue weighted by Gasteiger charge is -2.36. The van der Waals surface area contributed by atoms with Crippen LogP contribution in [0, 0.1) is 11.7 Å². The lowest BCUT2D eigenvalue weighted by Crippen LogP contribution is -2.51. The van der Waals surface area contributed by atoms with Crippen LogP contribution < -0.4 is 0 Å². The van der Waals surface area contributed by atoms with Gasteiger partial charge >= 0.3 is 0 Å². The van der Waals surface area contributed by atoms with Crippen LogP contribution in [0.15, 0.2) is 24.3 Å². The third-order valence-corrected chi connectivity index (χ3v) is 5.07. The average molecular weight is 364 g/mol. The van der Waals surface area contributed by atoms with E-state index >= 15 is 0 Å². The minimum Gasteiger partial charge on any atom is -0.369 e. The number of carbonyl (C=O) groups is 2. The number of amides is 2. The molecule has 1 heterocycles. The molecule has 0 spiro atoms. The molecule has 2 amide bonds. The highest BCUT2D eigenvalue weighted by Gasteiger charge is 2.38. The minimum absolute atomic E-state index is 0.0125. The maximum absolute atomic E-state index is 13.2. The van der Waals surface area contributed by atoms with Gasteiger partial charge in [-0.3, -0.25) is 9.59 Å². The number of methoxy groups -OCH3 is 1. The molecule has 0 aromatic heterocycles. The molecule has 0 aliphatic carbocycles. The zero-order valence-corrected chi connectivity index (χ0v) is 16.3. The van der Waals surface area contributed by atoms with Gasteiger partial charge in [0.25, 0.3) is 5.91 Å². The number of hydrogen-bond acceptors (Lipinski definition) is 3. The molecule has 1 saturated heterocycles. The molecular formula is C20H29FN2O3. The van der Waals surface area contributed by atoms with Crippen molar-refractivity contribution < 1.29 is 18.7 Å². The average Bonchev–Trinajstić information content (AvgIpc) is 2.76. The van der Waals surface area contributed by atoms with E-state index in [-0.39, 0.29) is 36.0 Å². The first-order chi connectivity index (χ1) is 12.2. The Labute approximate surface area is 155 Å². The van der Waals surface area contributed by atoms with Crippen molar-refractivity contribution in [1.82, 2.24) is 9.80 Å². The first-order valence-corrected chi connectivity index (χ1v) is 9.04. The Balaban J connectivity index is 2.24. The molecule has 1 atom stereocenters. The van der Waals surface area contributed by atoms with Crippen LogP contribution in [0.25, 0.3) is 0 Å². The molecule has 5 nitrogen and oxygen atoms in total. The summed E-state index contributed by atoms with van der Waals surface area (Å²) in [5.74, 6) is -0.214. The van der Waals surface area contributed by atoms with Gasteiger partial charge in [0.1, 0.15) is 11.4 Å². The summed E-state index contributed by atoms with van der Waals surface area (Å²) < 4.78 is 18.5. The standard InChI is InChI=1S/C20H29FN2O3/c1-14(2)17-13-22(19(25)20(3,4)26-5)11-10-18(24)23(17)12-15-6-8-16(21)9-7-15/h6-9,14,17H,10-13H2,1-5H3/t17-/m0/s1. The van der Waals surface area contributed by atoms with Gasteiger partial charge in [-0.2, -0.15) is 0 Å². The highest BCUT2D eigenvalue weighted by atomic mass is 19.1. The van der Waals surface area contributed by atoms with Gasteiger partial charge in [0.05, 0.1) is 6.04 Å². The first-order valence-electron chi connectivity index (χ1n) is 9.04. The molecule has 26 heavy (non-hydrogen) atoms. The van der Waals surface area contributed by atoms with Gasteiger partial charge < -0.3 is 14.5 Å². The maximum Gasteiger partial charge on any atom is 0.254 e. The fourth-order valence-corrected chi connectivity index (χ4v) is 3.19. The van der Waals surface area contributed by atoms with Gasteiger partial charge in [-0.05, 0) is 37.5 Å². The van der Waals surface area contributed by atoms with Gasteiger partial charge in [-0.1, -0.05) is 26.0 Å². The molecule has 2 rings (SSSR count). The predicted molar refractivity (Wildman–Crippen MR) is 97.9 cm³/mol. The number of carbonyl (C=O) groups excluding carboxylic acids is 2. The second-order valence-electron chi connectivity index (χ2n) is 7.68. The van der Waals surface area contributed by atoms with Crippen molar-refractivity contribution in [3.63, 3.8) is 0 Å². The van der Waals surface area contributed by atoms with Crippen LogP contribution in [0.1, 0.15) is 39.7 Å². The van der Waals surface area contributed by atoms with Crippen molar-refractivity contribution in [3.05, 3.63) is 35.6 Å². The molecule has 0 bridgehead atoms. The van der Waals surface area contributed by atoms with Crippen molar-refractivity contribution in [3.8, 4) is 0 Å². The number of ether oxygens (including phenoxy) is 1. The lowest BCUT2D eigenvalue weighted by atomic mass is 10.00. The van der Waals surface area contributed by atoms with E-state index in [1.807, 2.05) is 18.7 Å². The molecule has 144 valence electrons. The molecule has 1 aliphatic heterocycles. The van der Waals surface area contributed by atoms with Crippen molar-refractivity contribution in [2.75, 3.05) is 20.2 Å². The smallest absolute Gasteiger partial charge is 0.254 e. The first kappa shape index (κ1) is 20.4. The van der Waals surface area contributed by atoms with E-state index in [9.17, 15) is 14.0 Å². The number of hydrogen-bond donors (Lipinski definition) is 0. The molecular weight excluding hydrogens is 335 g/mol. The number of benzene rings is 1. The van der Waals surface area contributed by atoms with Crippen molar-refractivity contribution >= 4 is 11.8 Å². The van der Waals surface area contributed by atoms with Gasteiger partial charge in [0, 0.05) is 33.2 Å². The predicted octanol–water partition coefficient (Wildman–Crippen LogP) is 2.84. The van der Waals surface area contributed by atoms with E-state index in [0.717, 1.165) is 5.56 Å². The third-order valence-electron chi connectivity index (χ3n) is 5.07. The van der Waals surface area contributed by atoms with Crippen LogP contribution in [0.5, 0.6) is 0 Å². The van der Waals surface area contributed by atoms with E-state index < -0.39 is 5.60 Å². The van der Waals surface area contributed by atoms with E-state index in [1.54, 1.807) is 30.9 Å².